The van der Waals surface area contributed by atoms with Crippen molar-refractivity contribution in [3.63, 3.8) is 0 Å². The highest BCUT2D eigenvalue weighted by Gasteiger charge is 2.91. The lowest BCUT2D eigenvalue weighted by molar-refractivity contribution is -0.134. The number of hydrogen-bond acceptors (Lipinski definition) is 8. The van der Waals surface area contributed by atoms with Gasteiger partial charge in [0.05, 0.1) is 33.1 Å². The molecule has 3 fully saturated rings. The molecule has 0 saturated heterocycles. The van der Waals surface area contributed by atoms with Gasteiger partial charge in [0.2, 0.25) is 11.7 Å². The molecule has 4 N–H and O–H groups in total. The van der Waals surface area contributed by atoms with Crippen molar-refractivity contribution in [1.82, 2.24) is 24.8 Å². The Labute approximate surface area is 204 Å². The lowest BCUT2D eigenvalue weighted by atomic mass is 9.93. The molecule has 0 bridgehead atoms. The Hall–Kier alpha value is -2.71. The van der Waals surface area contributed by atoms with Crippen molar-refractivity contribution in [2.24, 2.45) is 17.3 Å². The van der Waals surface area contributed by atoms with E-state index < -0.39 is 23.2 Å². The van der Waals surface area contributed by atoms with Crippen LogP contribution in [0.15, 0.2) is 18.5 Å². The van der Waals surface area contributed by atoms with E-state index in [1.165, 1.54) is 11.3 Å². The van der Waals surface area contributed by atoms with E-state index in [-0.39, 0.29) is 17.7 Å². The van der Waals surface area contributed by atoms with Crippen molar-refractivity contribution in [3.05, 3.63) is 33.5 Å². The predicted molar refractivity (Wildman–Crippen MR) is 128 cm³/mol. The summed E-state index contributed by atoms with van der Waals surface area (Å²) in [4.78, 5) is 27.0. The number of fused-ring (bicyclic) bond motifs is 4. The number of nitrogens with one attached hydrogen (secondary N) is 2. The first-order valence-corrected chi connectivity index (χ1v) is 12.4. The summed E-state index contributed by atoms with van der Waals surface area (Å²) in [5.41, 5.74) is -1.16. The van der Waals surface area contributed by atoms with Gasteiger partial charge < -0.3 is 25.4 Å². The van der Waals surface area contributed by atoms with Crippen LogP contribution in [0.4, 0.5) is 5.82 Å². The van der Waals surface area contributed by atoms with Crippen LogP contribution in [0.25, 0.3) is 11.2 Å². The fourth-order valence-corrected chi connectivity index (χ4v) is 6.72. The molecule has 0 aromatic carbocycles. The highest BCUT2D eigenvalue weighted by atomic mass is 35.5. The quantitative estimate of drug-likeness (QED) is 0.395. The molecule has 3 saturated carbocycles. The van der Waals surface area contributed by atoms with Crippen LogP contribution in [0, 0.1) is 29.1 Å². The number of anilines is 1. The summed E-state index contributed by atoms with van der Waals surface area (Å²) < 4.78 is 2.46. The number of imidazole rings is 1. The average Bonchev–Trinajstić information content (AvgIpc) is 3.53. The summed E-state index contributed by atoms with van der Waals surface area (Å²) in [6.07, 6.45) is 1.97. The summed E-state index contributed by atoms with van der Waals surface area (Å²) >= 11 is 7.38. The molecule has 0 spiro atoms. The number of rotatable bonds is 5. The molecule has 3 aromatic heterocycles. The number of hydrogen-bond donors (Lipinski definition) is 4. The second-order valence-corrected chi connectivity index (χ2v) is 10.9. The van der Waals surface area contributed by atoms with E-state index in [1.54, 1.807) is 24.0 Å². The van der Waals surface area contributed by atoms with Crippen molar-refractivity contribution in [2.45, 2.75) is 37.5 Å². The number of aliphatic hydroxyl groups is 2. The first-order chi connectivity index (χ1) is 16.4. The smallest absolute Gasteiger partial charge is 0.229 e. The van der Waals surface area contributed by atoms with Gasteiger partial charge in [0.1, 0.15) is 5.60 Å². The molecule has 11 heteroatoms. The van der Waals surface area contributed by atoms with Gasteiger partial charge in [-0.1, -0.05) is 18.5 Å². The summed E-state index contributed by atoms with van der Waals surface area (Å²) in [5, 5.41) is 28.3. The maximum Gasteiger partial charge on any atom is 0.229 e. The lowest BCUT2D eigenvalue weighted by Gasteiger charge is -2.25. The number of aromatic nitrogens is 4. The van der Waals surface area contributed by atoms with E-state index in [0.717, 1.165) is 11.3 Å². The van der Waals surface area contributed by atoms with Crippen molar-refractivity contribution >= 4 is 45.8 Å². The highest BCUT2D eigenvalue weighted by molar-refractivity contribution is 7.16. The van der Waals surface area contributed by atoms with Gasteiger partial charge in [-0.3, -0.25) is 4.79 Å². The second kappa shape index (κ2) is 7.39. The van der Waals surface area contributed by atoms with Gasteiger partial charge in [0.15, 0.2) is 17.0 Å². The third-order valence-corrected chi connectivity index (χ3v) is 8.59. The molecule has 3 heterocycles. The minimum Gasteiger partial charge on any atom is -0.389 e. The monoisotopic (exact) mass is 498 g/mol. The van der Waals surface area contributed by atoms with E-state index in [0.29, 0.717) is 40.1 Å². The molecular weight excluding hydrogens is 476 g/mol. The minimum atomic E-state index is -1.38. The largest absolute Gasteiger partial charge is 0.389 e. The van der Waals surface area contributed by atoms with Crippen LogP contribution in [0.1, 0.15) is 36.5 Å². The van der Waals surface area contributed by atoms with Gasteiger partial charge >= 0.3 is 0 Å². The lowest BCUT2D eigenvalue weighted by Crippen LogP contribution is -2.45. The molecule has 9 nitrogen and oxygen atoms in total. The number of amides is 1. The van der Waals surface area contributed by atoms with Crippen molar-refractivity contribution in [2.75, 3.05) is 18.9 Å². The molecule has 3 aromatic rings. The maximum atomic E-state index is 12.4. The zero-order chi connectivity index (χ0) is 23.8. The Morgan fingerprint density at radius 1 is 1.38 bits per heavy atom. The molecule has 0 radical (unpaired) electrons. The van der Waals surface area contributed by atoms with Crippen LogP contribution in [0.3, 0.4) is 0 Å². The Morgan fingerprint density at radius 3 is 2.85 bits per heavy atom. The fraction of sp³-hybridized carbons (Fsp3) is 0.478. The van der Waals surface area contributed by atoms with E-state index in [1.807, 2.05) is 6.07 Å². The maximum absolute atomic E-state index is 12.4. The highest BCUT2D eigenvalue weighted by Crippen LogP contribution is 2.82. The summed E-state index contributed by atoms with van der Waals surface area (Å²) in [6.45, 7) is 2.76. The molecule has 34 heavy (non-hydrogen) atoms. The number of nitrogens with zero attached hydrogens (tertiary/aromatic N) is 4. The molecule has 6 atom stereocenters. The molecule has 0 aliphatic heterocycles. The summed E-state index contributed by atoms with van der Waals surface area (Å²) in [5.74, 6) is 6.43. The Morgan fingerprint density at radius 2 is 2.21 bits per heavy atom. The molecular formula is C23H23ClN6O3S. The van der Waals surface area contributed by atoms with Gasteiger partial charge in [0, 0.05) is 19.5 Å². The molecule has 1 amide bonds. The van der Waals surface area contributed by atoms with Gasteiger partial charge in [-0.05, 0) is 42.7 Å². The zero-order valence-electron chi connectivity index (χ0n) is 18.5. The van der Waals surface area contributed by atoms with Crippen LogP contribution in [0.5, 0.6) is 0 Å². The van der Waals surface area contributed by atoms with Crippen molar-refractivity contribution in [1.29, 1.82) is 0 Å². The van der Waals surface area contributed by atoms with Gasteiger partial charge in [-0.15, -0.1) is 11.3 Å². The molecule has 2 unspecified atom stereocenters. The van der Waals surface area contributed by atoms with Crippen LogP contribution < -0.4 is 10.6 Å². The third kappa shape index (κ3) is 2.81. The van der Waals surface area contributed by atoms with Gasteiger partial charge in [-0.25, -0.2) is 15.0 Å². The minimum absolute atomic E-state index is 0.0720. The number of halogens is 1. The Kier molecular flexibility index (Phi) is 4.74. The van der Waals surface area contributed by atoms with E-state index in [9.17, 15) is 15.0 Å². The van der Waals surface area contributed by atoms with Crippen molar-refractivity contribution < 1.29 is 15.0 Å². The van der Waals surface area contributed by atoms with Crippen molar-refractivity contribution in [3.8, 4) is 11.8 Å². The van der Waals surface area contributed by atoms with Crippen LogP contribution in [0.2, 0.25) is 4.34 Å². The third-order valence-electron chi connectivity index (χ3n) is 7.44. The molecule has 176 valence electrons. The topological polar surface area (TPSA) is 125 Å². The SMILES string of the molecule is CCCNc1nc(C#Cc2ccc(Cl)s2)nc2c1ncn2[C@@H]1[C@@H]2C3CC3(C(=O)NC)[C@@H](O)[C@@]21O. The van der Waals surface area contributed by atoms with E-state index in [2.05, 4.69) is 44.4 Å². The number of carbonyl (C=O) groups excluding carboxylic acids is 1. The summed E-state index contributed by atoms with van der Waals surface area (Å²) in [6, 6.07) is 3.22. The van der Waals surface area contributed by atoms with E-state index >= 15 is 0 Å². The standard InChI is InChI=1S/C23H23ClN6O3S/c1-3-8-26-18-16-19(29-14(28-18)7-5-11-4-6-13(24)34-11)30(10-27-16)17-15-12-9-22(12,21(32)25-2)20(31)23(15,17)33/h4,6,10,12,15,17,20,31,33H,3,8-9H2,1-2H3,(H,25,32)(H,26,28,29)/t12?,15-,17+,20+,22?,23+/m0/s1. The molecule has 3 aliphatic carbocycles. The molecule has 3 aliphatic rings. The number of carbonyl (C=O) groups is 1. The normalized spacial score (nSPS) is 32.5. The van der Waals surface area contributed by atoms with Crippen LogP contribution in [-0.2, 0) is 4.79 Å². The van der Waals surface area contributed by atoms with Crippen LogP contribution in [-0.4, -0.2) is 60.9 Å². The van der Waals surface area contributed by atoms with Gasteiger partial charge in [0.25, 0.3) is 0 Å². The Balaban J connectivity index is 1.39. The van der Waals surface area contributed by atoms with Crippen LogP contribution >= 0.6 is 22.9 Å². The average molecular weight is 499 g/mol. The Bertz CT molecular complexity index is 1390. The van der Waals surface area contributed by atoms with E-state index in [4.69, 9.17) is 11.6 Å². The first kappa shape index (κ1) is 21.8. The number of aliphatic hydroxyl groups excluding tert-OH is 1. The fourth-order valence-electron chi connectivity index (χ4n) is 5.82. The second-order valence-electron chi connectivity index (χ2n) is 9.19. The molecule has 6 rings (SSSR count). The predicted octanol–water partition coefficient (Wildman–Crippen LogP) is 1.79. The zero-order valence-corrected chi connectivity index (χ0v) is 20.1. The summed E-state index contributed by atoms with van der Waals surface area (Å²) in [7, 11) is 1.56. The van der Waals surface area contributed by atoms with Gasteiger partial charge in [-0.2, -0.15) is 0 Å². The first-order valence-electron chi connectivity index (χ1n) is 11.2. The number of thiophene rings is 1.